The lowest BCUT2D eigenvalue weighted by atomic mass is 9.79. The number of ether oxygens (including phenoxy) is 2. The van der Waals surface area contributed by atoms with Crippen molar-refractivity contribution in [2.45, 2.75) is 5.41 Å². The van der Waals surface area contributed by atoms with Gasteiger partial charge in [-0.25, -0.2) is 0 Å². The molecule has 0 aliphatic carbocycles. The highest BCUT2D eigenvalue weighted by Crippen LogP contribution is 2.34. The third-order valence-electron chi connectivity index (χ3n) is 3.51. The van der Waals surface area contributed by atoms with Crippen molar-refractivity contribution < 1.29 is 9.47 Å². The Morgan fingerprint density at radius 3 is 2.50 bits per heavy atom. The van der Waals surface area contributed by atoms with Crippen LogP contribution in [0.3, 0.4) is 0 Å². The van der Waals surface area contributed by atoms with Gasteiger partial charge < -0.3 is 9.47 Å². The van der Waals surface area contributed by atoms with Crippen LogP contribution >= 0.6 is 0 Å². The van der Waals surface area contributed by atoms with Gasteiger partial charge in [-0.05, 0) is 34.5 Å². The fourth-order valence-corrected chi connectivity index (χ4v) is 2.25. The van der Waals surface area contributed by atoms with E-state index in [1.54, 1.807) is 7.11 Å². The number of hydrogen-bond acceptors (Lipinski definition) is 3. The number of hydrogen-bond donors (Lipinski definition) is 0. The smallest absolute Gasteiger partial charge is 0.129 e. The van der Waals surface area contributed by atoms with E-state index in [2.05, 4.69) is 12.1 Å². The molecule has 0 radical (unpaired) electrons. The number of rotatable bonds is 2. The van der Waals surface area contributed by atoms with Crippen LogP contribution in [0.1, 0.15) is 5.56 Å². The molecule has 3 heteroatoms. The summed E-state index contributed by atoms with van der Waals surface area (Å²) in [5.41, 5.74) is 0.586. The van der Waals surface area contributed by atoms with Crippen molar-refractivity contribution in [3.05, 3.63) is 42.0 Å². The number of benzene rings is 2. The van der Waals surface area contributed by atoms with Crippen molar-refractivity contribution in [3.63, 3.8) is 0 Å². The Morgan fingerprint density at radius 2 is 1.89 bits per heavy atom. The van der Waals surface area contributed by atoms with E-state index in [9.17, 15) is 5.26 Å². The maximum Gasteiger partial charge on any atom is 0.129 e. The molecule has 0 bridgehead atoms. The molecule has 0 spiro atoms. The summed E-state index contributed by atoms with van der Waals surface area (Å²) >= 11 is 0. The van der Waals surface area contributed by atoms with E-state index in [1.165, 1.54) is 0 Å². The van der Waals surface area contributed by atoms with Crippen LogP contribution in [0, 0.1) is 11.3 Å². The molecular weight excluding hydrogens is 226 g/mol. The Labute approximate surface area is 106 Å². The van der Waals surface area contributed by atoms with Gasteiger partial charge in [-0.1, -0.05) is 18.2 Å². The van der Waals surface area contributed by atoms with E-state index in [4.69, 9.17) is 9.47 Å². The van der Waals surface area contributed by atoms with Crippen LogP contribution in [0.2, 0.25) is 0 Å². The quantitative estimate of drug-likeness (QED) is 0.809. The van der Waals surface area contributed by atoms with Gasteiger partial charge in [0.1, 0.15) is 11.2 Å². The van der Waals surface area contributed by atoms with Crippen molar-refractivity contribution in [1.29, 1.82) is 5.26 Å². The predicted octanol–water partition coefficient (Wildman–Crippen LogP) is 2.64. The Morgan fingerprint density at radius 1 is 1.17 bits per heavy atom. The van der Waals surface area contributed by atoms with E-state index in [-0.39, 0.29) is 0 Å². The lowest BCUT2D eigenvalue weighted by Crippen LogP contribution is -2.45. The van der Waals surface area contributed by atoms with Crippen LogP contribution in [0.15, 0.2) is 36.4 Å². The van der Waals surface area contributed by atoms with Crippen LogP contribution < -0.4 is 4.74 Å². The fourth-order valence-electron chi connectivity index (χ4n) is 2.25. The van der Waals surface area contributed by atoms with Crippen LogP contribution in [0.25, 0.3) is 10.8 Å². The van der Waals surface area contributed by atoms with Crippen LogP contribution in [0.4, 0.5) is 0 Å². The summed E-state index contributed by atoms with van der Waals surface area (Å²) in [6.45, 7) is 0.982. The van der Waals surface area contributed by atoms with Crippen molar-refractivity contribution in [2.75, 3.05) is 20.3 Å². The summed E-state index contributed by atoms with van der Waals surface area (Å²) in [5, 5.41) is 11.5. The lowest BCUT2D eigenvalue weighted by molar-refractivity contribution is -0.0297. The van der Waals surface area contributed by atoms with E-state index in [0.29, 0.717) is 13.2 Å². The number of methoxy groups -OCH3 is 1. The number of fused-ring (bicyclic) bond motifs is 1. The SMILES string of the molecule is COc1ccc2cc(C3(C#N)COC3)ccc2c1. The third kappa shape index (κ3) is 1.54. The number of nitriles is 1. The molecule has 90 valence electrons. The first-order chi connectivity index (χ1) is 8.77. The predicted molar refractivity (Wildman–Crippen MR) is 68.6 cm³/mol. The molecule has 1 saturated heterocycles. The summed E-state index contributed by atoms with van der Waals surface area (Å²) in [6.07, 6.45) is 0. The van der Waals surface area contributed by atoms with Crippen molar-refractivity contribution in [3.8, 4) is 11.8 Å². The van der Waals surface area contributed by atoms with Crippen molar-refractivity contribution in [2.24, 2.45) is 0 Å². The highest BCUT2D eigenvalue weighted by atomic mass is 16.5. The minimum Gasteiger partial charge on any atom is -0.497 e. The number of nitrogens with zero attached hydrogens (tertiary/aromatic N) is 1. The molecule has 3 rings (SSSR count). The first-order valence-electron chi connectivity index (χ1n) is 5.85. The van der Waals surface area contributed by atoms with Gasteiger partial charge in [-0.2, -0.15) is 5.26 Å². The summed E-state index contributed by atoms with van der Waals surface area (Å²) in [4.78, 5) is 0. The maximum absolute atomic E-state index is 9.29. The van der Waals surface area contributed by atoms with E-state index >= 15 is 0 Å². The first-order valence-corrected chi connectivity index (χ1v) is 5.85. The zero-order valence-electron chi connectivity index (χ0n) is 10.1. The molecule has 1 fully saturated rings. The molecule has 0 amide bonds. The second-order valence-electron chi connectivity index (χ2n) is 4.61. The first kappa shape index (κ1) is 11.1. The maximum atomic E-state index is 9.29. The molecule has 0 N–H and O–H groups in total. The topological polar surface area (TPSA) is 42.2 Å². The average Bonchev–Trinajstić information content (AvgIpc) is 2.37. The Hall–Kier alpha value is -2.05. The molecule has 0 aromatic heterocycles. The third-order valence-corrected chi connectivity index (χ3v) is 3.51. The van der Waals surface area contributed by atoms with Crippen LogP contribution in [-0.4, -0.2) is 20.3 Å². The van der Waals surface area contributed by atoms with Crippen LogP contribution in [0.5, 0.6) is 5.75 Å². The normalized spacial score (nSPS) is 16.9. The van der Waals surface area contributed by atoms with E-state index in [0.717, 1.165) is 22.1 Å². The van der Waals surface area contributed by atoms with Gasteiger partial charge in [0.05, 0.1) is 26.4 Å². The van der Waals surface area contributed by atoms with Gasteiger partial charge >= 0.3 is 0 Å². The monoisotopic (exact) mass is 239 g/mol. The molecule has 0 unspecified atom stereocenters. The molecule has 3 nitrogen and oxygen atoms in total. The summed E-state index contributed by atoms with van der Waals surface area (Å²) < 4.78 is 10.4. The standard InChI is InChI=1S/C15H13NO2/c1-17-14-5-3-11-6-13(4-2-12(11)7-14)15(8-16)9-18-10-15/h2-7H,9-10H2,1H3. The summed E-state index contributed by atoms with van der Waals surface area (Å²) in [5.74, 6) is 0.845. The van der Waals surface area contributed by atoms with Crippen LogP contribution in [-0.2, 0) is 10.2 Å². The zero-order valence-corrected chi connectivity index (χ0v) is 10.1. The molecule has 0 atom stereocenters. The second kappa shape index (κ2) is 4.01. The largest absolute Gasteiger partial charge is 0.497 e. The van der Waals surface area contributed by atoms with Crippen molar-refractivity contribution in [1.82, 2.24) is 0 Å². The van der Waals surface area contributed by atoms with Gasteiger partial charge in [0, 0.05) is 0 Å². The van der Waals surface area contributed by atoms with Gasteiger partial charge in [-0.3, -0.25) is 0 Å². The molecule has 1 heterocycles. The summed E-state index contributed by atoms with van der Waals surface area (Å²) in [6, 6.07) is 14.4. The molecule has 18 heavy (non-hydrogen) atoms. The van der Waals surface area contributed by atoms with Gasteiger partial charge in [0.25, 0.3) is 0 Å². The Balaban J connectivity index is 2.09. The van der Waals surface area contributed by atoms with Crippen molar-refractivity contribution >= 4 is 10.8 Å². The lowest BCUT2D eigenvalue weighted by Gasteiger charge is -2.35. The highest BCUT2D eigenvalue weighted by molar-refractivity contribution is 5.85. The average molecular weight is 239 g/mol. The highest BCUT2D eigenvalue weighted by Gasteiger charge is 2.40. The van der Waals surface area contributed by atoms with Gasteiger partial charge in [0.2, 0.25) is 0 Å². The molecule has 1 aliphatic heterocycles. The second-order valence-corrected chi connectivity index (χ2v) is 4.61. The zero-order chi connectivity index (χ0) is 12.6. The minimum atomic E-state index is -0.450. The Kier molecular flexibility index (Phi) is 2.46. The van der Waals surface area contributed by atoms with Gasteiger partial charge in [-0.15, -0.1) is 0 Å². The summed E-state index contributed by atoms with van der Waals surface area (Å²) in [7, 11) is 1.66. The minimum absolute atomic E-state index is 0.450. The van der Waals surface area contributed by atoms with E-state index in [1.807, 2.05) is 30.3 Å². The molecule has 0 saturated carbocycles. The Bertz CT molecular complexity index is 638. The molecule has 2 aromatic rings. The fraction of sp³-hybridized carbons (Fsp3) is 0.267. The molecular formula is C15H13NO2. The molecule has 1 aliphatic rings. The molecule has 2 aromatic carbocycles. The van der Waals surface area contributed by atoms with Gasteiger partial charge in [0.15, 0.2) is 0 Å². The van der Waals surface area contributed by atoms with E-state index < -0.39 is 5.41 Å².